The Labute approximate surface area is 202 Å². The second-order valence-corrected chi connectivity index (χ2v) is 10.2. The molecule has 6 nitrogen and oxygen atoms in total. The van der Waals surface area contributed by atoms with Gasteiger partial charge in [-0.3, -0.25) is 9.69 Å². The Morgan fingerprint density at radius 1 is 1.24 bits per heavy atom. The Morgan fingerprint density at radius 3 is 2.73 bits per heavy atom. The van der Waals surface area contributed by atoms with Gasteiger partial charge in [-0.05, 0) is 38.1 Å². The first kappa shape index (κ1) is 23.6. The number of piperazine rings is 1. The van der Waals surface area contributed by atoms with Crippen LogP contribution in [0.15, 0.2) is 60.2 Å². The summed E-state index contributed by atoms with van der Waals surface area (Å²) in [6.45, 7) is 6.49. The molecule has 0 spiro atoms. The fourth-order valence-corrected chi connectivity index (χ4v) is 5.25. The lowest BCUT2D eigenvalue weighted by molar-refractivity contribution is -0.136. The Kier molecular flexibility index (Phi) is 7.28. The Hall–Kier alpha value is -2.53. The van der Waals surface area contributed by atoms with Crippen LogP contribution in [0.25, 0.3) is 0 Å². The number of allylic oxidation sites excluding steroid dienone is 2. The minimum absolute atomic E-state index is 0.128. The van der Waals surface area contributed by atoms with E-state index in [1.54, 1.807) is 0 Å². The van der Waals surface area contributed by atoms with Gasteiger partial charge >= 0.3 is 0 Å². The van der Waals surface area contributed by atoms with Crippen molar-refractivity contribution in [2.45, 2.75) is 30.2 Å². The molecular formula is C26H33N5OS. The number of nitrogens with zero attached hydrogens (tertiary/aromatic N) is 4. The third-order valence-electron chi connectivity index (χ3n) is 6.77. The highest BCUT2D eigenvalue weighted by Gasteiger charge is 2.39. The van der Waals surface area contributed by atoms with E-state index in [1.807, 2.05) is 48.4 Å². The van der Waals surface area contributed by atoms with E-state index in [-0.39, 0.29) is 16.7 Å². The third-order valence-corrected chi connectivity index (χ3v) is 7.05. The molecule has 7 heteroatoms. The number of thiol groups is 1. The standard InChI is InChI=1S/C26H33N5OS/c1-26(33)10-6-5-7-20(16-26)18-31-19-22(28-2)15-24(31)25(32)30-13-11-29(12-14-30)23-9-4-3-8-21(23)17-27/h3-10,16,22,24,28,33H,11-15,18-19H2,1-2H3/t22-,24-,26?/m0/s1. The van der Waals surface area contributed by atoms with E-state index in [0.717, 1.165) is 38.3 Å². The van der Waals surface area contributed by atoms with Gasteiger partial charge in [0.15, 0.2) is 0 Å². The van der Waals surface area contributed by atoms with Crippen LogP contribution >= 0.6 is 12.6 Å². The molecule has 174 valence electrons. The second kappa shape index (κ2) is 10.2. The van der Waals surface area contributed by atoms with Crippen molar-refractivity contribution in [1.82, 2.24) is 15.1 Å². The number of nitrogens with one attached hydrogen (secondary N) is 1. The average molecular weight is 464 g/mol. The summed E-state index contributed by atoms with van der Waals surface area (Å²) < 4.78 is -0.295. The fraction of sp³-hybridized carbons (Fsp3) is 0.462. The fourth-order valence-electron chi connectivity index (χ4n) is 5.00. The molecule has 3 aliphatic rings. The Balaban J connectivity index is 1.43. The van der Waals surface area contributed by atoms with Gasteiger partial charge in [-0.1, -0.05) is 42.5 Å². The molecule has 0 radical (unpaired) electrons. The molecule has 1 amide bonds. The molecule has 0 saturated carbocycles. The van der Waals surface area contributed by atoms with Crippen LogP contribution in [-0.2, 0) is 4.79 Å². The first-order valence-electron chi connectivity index (χ1n) is 11.6. The van der Waals surface area contributed by atoms with Crippen LogP contribution in [0.1, 0.15) is 18.9 Å². The van der Waals surface area contributed by atoms with Crippen LogP contribution in [0.2, 0.25) is 0 Å². The molecule has 1 aromatic carbocycles. The number of hydrogen-bond acceptors (Lipinski definition) is 6. The summed E-state index contributed by atoms with van der Waals surface area (Å²) in [6, 6.07) is 10.1. The van der Waals surface area contributed by atoms with Crippen molar-refractivity contribution < 1.29 is 4.79 Å². The topological polar surface area (TPSA) is 62.6 Å². The van der Waals surface area contributed by atoms with Crippen molar-refractivity contribution in [3.05, 3.63) is 65.8 Å². The maximum absolute atomic E-state index is 13.6. The van der Waals surface area contributed by atoms with Gasteiger partial charge in [-0.25, -0.2) is 0 Å². The SMILES string of the molecule is CN[C@H]1C[C@@H](C(=O)N2CCN(c3ccccc3C#N)CC2)N(CC2=CC(C)(S)C=CC=C2)C1. The van der Waals surface area contributed by atoms with Crippen molar-refractivity contribution >= 4 is 24.2 Å². The molecule has 1 unspecified atom stereocenters. The number of hydrogen-bond donors (Lipinski definition) is 2. The number of para-hydroxylation sites is 1. The molecule has 1 N–H and O–H groups in total. The third kappa shape index (κ3) is 5.52. The molecule has 4 rings (SSSR count). The lowest BCUT2D eigenvalue weighted by Crippen LogP contribution is -2.54. The summed E-state index contributed by atoms with van der Waals surface area (Å²) in [7, 11) is 1.97. The molecule has 33 heavy (non-hydrogen) atoms. The zero-order chi connectivity index (χ0) is 23.4. The maximum Gasteiger partial charge on any atom is 0.240 e. The Morgan fingerprint density at radius 2 is 2.00 bits per heavy atom. The molecular weight excluding hydrogens is 430 g/mol. The molecule has 2 saturated heterocycles. The molecule has 0 bridgehead atoms. The van der Waals surface area contributed by atoms with Crippen molar-refractivity contribution in [3.8, 4) is 6.07 Å². The van der Waals surface area contributed by atoms with Crippen molar-refractivity contribution in [2.75, 3.05) is 51.2 Å². The van der Waals surface area contributed by atoms with Gasteiger partial charge in [0.1, 0.15) is 6.07 Å². The first-order chi connectivity index (χ1) is 15.9. The lowest BCUT2D eigenvalue weighted by atomic mass is 10.1. The van der Waals surface area contributed by atoms with E-state index in [4.69, 9.17) is 12.6 Å². The van der Waals surface area contributed by atoms with Crippen LogP contribution in [-0.4, -0.2) is 78.9 Å². The predicted molar refractivity (Wildman–Crippen MR) is 137 cm³/mol. The van der Waals surface area contributed by atoms with Crippen LogP contribution in [0.4, 0.5) is 5.69 Å². The number of carbonyl (C=O) groups excluding carboxylic acids is 1. The number of likely N-dealkylation sites (N-methyl/N-ethyl adjacent to an activating group) is 1. The van der Waals surface area contributed by atoms with Crippen molar-refractivity contribution in [1.29, 1.82) is 5.26 Å². The van der Waals surface area contributed by atoms with Gasteiger partial charge in [0, 0.05) is 50.1 Å². The zero-order valence-electron chi connectivity index (χ0n) is 19.4. The van der Waals surface area contributed by atoms with Gasteiger partial charge < -0.3 is 15.1 Å². The second-order valence-electron chi connectivity index (χ2n) is 9.27. The van der Waals surface area contributed by atoms with Crippen molar-refractivity contribution in [2.24, 2.45) is 0 Å². The van der Waals surface area contributed by atoms with E-state index in [1.165, 1.54) is 5.57 Å². The number of anilines is 1. The molecule has 0 aromatic heterocycles. The van der Waals surface area contributed by atoms with Crippen LogP contribution in [0, 0.1) is 11.3 Å². The average Bonchev–Trinajstić information content (AvgIpc) is 3.15. The Bertz CT molecular complexity index is 1000. The van der Waals surface area contributed by atoms with E-state index >= 15 is 0 Å². The molecule has 2 fully saturated rings. The molecule has 1 aromatic rings. The summed E-state index contributed by atoms with van der Waals surface area (Å²) in [5.74, 6) is 0.214. The minimum atomic E-state index is -0.295. The molecule has 2 aliphatic heterocycles. The molecule has 1 aliphatic carbocycles. The highest BCUT2D eigenvalue weighted by Crippen LogP contribution is 2.27. The van der Waals surface area contributed by atoms with Gasteiger partial charge in [-0.15, -0.1) is 0 Å². The normalized spacial score (nSPS) is 27.9. The molecule has 2 heterocycles. The van der Waals surface area contributed by atoms with E-state index in [2.05, 4.69) is 46.3 Å². The van der Waals surface area contributed by atoms with Gasteiger partial charge in [0.25, 0.3) is 0 Å². The number of nitriles is 1. The summed E-state index contributed by atoms with van der Waals surface area (Å²) in [6.07, 6.45) is 11.3. The van der Waals surface area contributed by atoms with Crippen molar-refractivity contribution in [3.63, 3.8) is 0 Å². The summed E-state index contributed by atoms with van der Waals surface area (Å²) in [4.78, 5) is 20.1. The largest absolute Gasteiger partial charge is 0.367 e. The van der Waals surface area contributed by atoms with Gasteiger partial charge in [0.05, 0.1) is 17.3 Å². The van der Waals surface area contributed by atoms with E-state index in [0.29, 0.717) is 24.7 Å². The van der Waals surface area contributed by atoms with Crippen LogP contribution < -0.4 is 10.2 Å². The predicted octanol–water partition coefficient (Wildman–Crippen LogP) is 2.61. The highest BCUT2D eigenvalue weighted by atomic mass is 32.1. The summed E-state index contributed by atoms with van der Waals surface area (Å²) >= 11 is 4.74. The van der Waals surface area contributed by atoms with Crippen LogP contribution in [0.3, 0.4) is 0 Å². The van der Waals surface area contributed by atoms with E-state index < -0.39 is 0 Å². The maximum atomic E-state index is 13.6. The zero-order valence-corrected chi connectivity index (χ0v) is 20.3. The lowest BCUT2D eigenvalue weighted by Gasteiger charge is -2.38. The number of carbonyl (C=O) groups is 1. The summed E-state index contributed by atoms with van der Waals surface area (Å²) in [5, 5.41) is 12.8. The quantitative estimate of drug-likeness (QED) is 0.658. The number of amides is 1. The number of benzene rings is 1. The van der Waals surface area contributed by atoms with Gasteiger partial charge in [-0.2, -0.15) is 17.9 Å². The molecule has 3 atom stereocenters. The van der Waals surface area contributed by atoms with Gasteiger partial charge in [0.2, 0.25) is 5.91 Å². The first-order valence-corrected chi connectivity index (χ1v) is 12.1. The smallest absolute Gasteiger partial charge is 0.240 e. The van der Waals surface area contributed by atoms with E-state index in [9.17, 15) is 10.1 Å². The minimum Gasteiger partial charge on any atom is -0.367 e. The summed E-state index contributed by atoms with van der Waals surface area (Å²) in [5.41, 5.74) is 2.83. The monoisotopic (exact) mass is 463 g/mol. The highest BCUT2D eigenvalue weighted by molar-refractivity contribution is 7.82. The van der Waals surface area contributed by atoms with Crippen LogP contribution in [0.5, 0.6) is 0 Å². The number of likely N-dealkylation sites (tertiary alicyclic amines) is 1. The number of rotatable bonds is 5.